The molecule has 0 heterocycles. The van der Waals surface area contributed by atoms with Crippen LogP contribution in [0.3, 0.4) is 0 Å². The third-order valence-corrected chi connectivity index (χ3v) is 3.33. The van der Waals surface area contributed by atoms with E-state index < -0.39 is 0 Å². The Morgan fingerprint density at radius 3 is 2.71 bits per heavy atom. The van der Waals surface area contributed by atoms with E-state index in [1.54, 1.807) is 0 Å². The van der Waals surface area contributed by atoms with Crippen molar-refractivity contribution in [2.75, 3.05) is 20.1 Å². The lowest BCUT2D eigenvalue weighted by atomic mass is 9.84. The van der Waals surface area contributed by atoms with E-state index in [1.807, 2.05) is 0 Å². The first-order chi connectivity index (χ1) is 6.44. The summed E-state index contributed by atoms with van der Waals surface area (Å²) < 4.78 is 0. The molecule has 1 fully saturated rings. The van der Waals surface area contributed by atoms with Gasteiger partial charge < -0.3 is 10.6 Å². The van der Waals surface area contributed by atoms with E-state index in [4.69, 9.17) is 5.73 Å². The van der Waals surface area contributed by atoms with E-state index in [2.05, 4.69) is 32.4 Å². The fraction of sp³-hybridized carbons (Fsp3) is 0.833. The molecular formula is C12H24N2. The number of likely N-dealkylation sites (N-methyl/N-ethyl adjacent to an activating group) is 1. The van der Waals surface area contributed by atoms with Gasteiger partial charge in [-0.05, 0) is 32.2 Å². The van der Waals surface area contributed by atoms with Crippen molar-refractivity contribution in [1.29, 1.82) is 0 Å². The number of hydrogen-bond donors (Lipinski definition) is 1. The van der Waals surface area contributed by atoms with Crippen LogP contribution in [0.15, 0.2) is 12.2 Å². The van der Waals surface area contributed by atoms with Crippen LogP contribution in [0.5, 0.6) is 0 Å². The first-order valence-electron chi connectivity index (χ1n) is 5.52. The molecule has 2 atom stereocenters. The van der Waals surface area contributed by atoms with Crippen molar-refractivity contribution < 1.29 is 0 Å². The second kappa shape index (κ2) is 4.45. The lowest BCUT2D eigenvalue weighted by Crippen LogP contribution is -2.43. The summed E-state index contributed by atoms with van der Waals surface area (Å²) in [5.74, 6) is 0. The summed E-state index contributed by atoms with van der Waals surface area (Å²) in [6.45, 7) is 10.4. The van der Waals surface area contributed by atoms with Crippen LogP contribution in [0.2, 0.25) is 0 Å². The minimum Gasteiger partial charge on any atom is -0.327 e. The van der Waals surface area contributed by atoms with Crippen LogP contribution in [-0.2, 0) is 0 Å². The second-order valence-corrected chi connectivity index (χ2v) is 5.28. The molecule has 0 radical (unpaired) electrons. The largest absolute Gasteiger partial charge is 0.327 e. The molecule has 0 aromatic rings. The zero-order chi connectivity index (χ0) is 10.8. The summed E-state index contributed by atoms with van der Waals surface area (Å²) in [7, 11) is 2.16. The van der Waals surface area contributed by atoms with E-state index in [0.29, 0.717) is 11.5 Å². The SMILES string of the molecule is C=C(C)CN(C)CC1(C)CCCC1N. The number of nitrogens with zero attached hydrogens (tertiary/aromatic N) is 1. The molecule has 1 aliphatic carbocycles. The van der Waals surface area contributed by atoms with Crippen LogP contribution < -0.4 is 5.73 Å². The molecule has 2 heteroatoms. The minimum atomic E-state index is 0.324. The average Bonchev–Trinajstić information content (AvgIpc) is 2.29. The molecule has 1 aliphatic rings. The molecule has 0 aromatic heterocycles. The van der Waals surface area contributed by atoms with Gasteiger partial charge >= 0.3 is 0 Å². The lowest BCUT2D eigenvalue weighted by Gasteiger charge is -2.33. The highest BCUT2D eigenvalue weighted by atomic mass is 15.1. The Balaban J connectivity index is 2.45. The Morgan fingerprint density at radius 1 is 1.64 bits per heavy atom. The first kappa shape index (κ1) is 11.7. The van der Waals surface area contributed by atoms with Crippen molar-refractivity contribution in [3.63, 3.8) is 0 Å². The third kappa shape index (κ3) is 2.82. The van der Waals surface area contributed by atoms with Gasteiger partial charge in [-0.25, -0.2) is 0 Å². The Hall–Kier alpha value is -0.340. The average molecular weight is 196 g/mol. The molecule has 14 heavy (non-hydrogen) atoms. The van der Waals surface area contributed by atoms with E-state index in [-0.39, 0.29) is 0 Å². The lowest BCUT2D eigenvalue weighted by molar-refractivity contribution is 0.187. The van der Waals surface area contributed by atoms with E-state index in [1.165, 1.54) is 24.8 Å². The van der Waals surface area contributed by atoms with Crippen molar-refractivity contribution in [1.82, 2.24) is 4.90 Å². The summed E-state index contributed by atoms with van der Waals surface area (Å²) in [4.78, 5) is 2.34. The maximum atomic E-state index is 6.14. The van der Waals surface area contributed by atoms with Gasteiger partial charge in [0.1, 0.15) is 0 Å². The summed E-state index contributed by atoms with van der Waals surface area (Å²) in [6, 6.07) is 0.384. The standard InChI is InChI=1S/C12H24N2/c1-10(2)8-14(4)9-12(3)7-5-6-11(12)13/h11H,1,5-9,13H2,2-4H3. The third-order valence-electron chi connectivity index (χ3n) is 3.33. The summed E-state index contributed by atoms with van der Waals surface area (Å²) in [6.07, 6.45) is 3.75. The van der Waals surface area contributed by atoms with Crippen LogP contribution in [-0.4, -0.2) is 31.1 Å². The van der Waals surface area contributed by atoms with Gasteiger partial charge in [0.05, 0.1) is 0 Å². The fourth-order valence-corrected chi connectivity index (χ4v) is 2.59. The normalized spacial score (nSPS) is 32.5. The molecule has 1 rings (SSSR count). The van der Waals surface area contributed by atoms with E-state index in [9.17, 15) is 0 Å². The van der Waals surface area contributed by atoms with Crippen molar-refractivity contribution in [2.24, 2.45) is 11.1 Å². The minimum absolute atomic E-state index is 0.324. The highest BCUT2D eigenvalue weighted by molar-refractivity contribution is 4.96. The maximum Gasteiger partial charge on any atom is 0.0184 e. The van der Waals surface area contributed by atoms with Crippen LogP contribution >= 0.6 is 0 Å². The van der Waals surface area contributed by atoms with Crippen LogP contribution in [0.25, 0.3) is 0 Å². The molecule has 0 bridgehead atoms. The van der Waals surface area contributed by atoms with Gasteiger partial charge in [0.2, 0.25) is 0 Å². The molecule has 82 valence electrons. The predicted octanol–water partition coefficient (Wildman–Crippen LogP) is 2.01. The predicted molar refractivity (Wildman–Crippen MR) is 62.2 cm³/mol. The van der Waals surface area contributed by atoms with Crippen molar-refractivity contribution >= 4 is 0 Å². The van der Waals surface area contributed by atoms with Crippen molar-refractivity contribution in [3.05, 3.63) is 12.2 Å². The van der Waals surface area contributed by atoms with E-state index in [0.717, 1.165) is 13.1 Å². The van der Waals surface area contributed by atoms with Crippen LogP contribution in [0.1, 0.15) is 33.1 Å². The van der Waals surface area contributed by atoms with Gasteiger partial charge in [-0.1, -0.05) is 25.5 Å². The highest BCUT2D eigenvalue weighted by Crippen LogP contribution is 2.37. The van der Waals surface area contributed by atoms with Gasteiger partial charge in [0.25, 0.3) is 0 Å². The van der Waals surface area contributed by atoms with Gasteiger partial charge in [0.15, 0.2) is 0 Å². The van der Waals surface area contributed by atoms with Gasteiger partial charge in [-0.3, -0.25) is 0 Å². The molecule has 1 saturated carbocycles. The molecule has 0 amide bonds. The number of nitrogens with two attached hydrogens (primary N) is 1. The van der Waals surface area contributed by atoms with Gasteiger partial charge in [-0.2, -0.15) is 0 Å². The van der Waals surface area contributed by atoms with Crippen LogP contribution in [0, 0.1) is 5.41 Å². The van der Waals surface area contributed by atoms with Crippen molar-refractivity contribution in [2.45, 2.75) is 39.2 Å². The Labute approximate surface area is 88.2 Å². The molecule has 0 spiro atoms. The quantitative estimate of drug-likeness (QED) is 0.697. The fourth-order valence-electron chi connectivity index (χ4n) is 2.59. The van der Waals surface area contributed by atoms with E-state index >= 15 is 0 Å². The Morgan fingerprint density at radius 2 is 2.29 bits per heavy atom. The summed E-state index contributed by atoms with van der Waals surface area (Å²) in [5, 5.41) is 0. The Kier molecular flexibility index (Phi) is 3.73. The summed E-state index contributed by atoms with van der Waals surface area (Å²) in [5.41, 5.74) is 7.69. The molecular weight excluding hydrogens is 172 g/mol. The molecule has 0 aromatic carbocycles. The first-order valence-corrected chi connectivity index (χ1v) is 5.52. The number of hydrogen-bond acceptors (Lipinski definition) is 2. The van der Waals surface area contributed by atoms with Gasteiger partial charge in [-0.15, -0.1) is 0 Å². The van der Waals surface area contributed by atoms with Crippen molar-refractivity contribution in [3.8, 4) is 0 Å². The second-order valence-electron chi connectivity index (χ2n) is 5.28. The molecule has 0 saturated heterocycles. The highest BCUT2D eigenvalue weighted by Gasteiger charge is 2.36. The Bertz CT molecular complexity index is 212. The topological polar surface area (TPSA) is 29.3 Å². The summed E-state index contributed by atoms with van der Waals surface area (Å²) >= 11 is 0. The molecule has 2 unspecified atom stereocenters. The maximum absolute atomic E-state index is 6.14. The van der Waals surface area contributed by atoms with Crippen LogP contribution in [0.4, 0.5) is 0 Å². The smallest absolute Gasteiger partial charge is 0.0184 e. The number of rotatable bonds is 4. The monoisotopic (exact) mass is 196 g/mol. The zero-order valence-corrected chi connectivity index (χ0v) is 9.84. The van der Waals surface area contributed by atoms with Gasteiger partial charge in [0, 0.05) is 19.1 Å². The zero-order valence-electron chi connectivity index (χ0n) is 9.84. The molecule has 2 nitrogen and oxygen atoms in total. The molecule has 0 aliphatic heterocycles. The molecule has 2 N–H and O–H groups in total.